The zero-order chi connectivity index (χ0) is 12.1. The molecule has 0 saturated heterocycles. The number of hydrogen-bond acceptors (Lipinski definition) is 3. The summed E-state index contributed by atoms with van der Waals surface area (Å²) in [5.74, 6) is 0. The number of hydrogen-bond donors (Lipinski definition) is 1. The maximum absolute atomic E-state index is 5.89. The lowest BCUT2D eigenvalue weighted by Gasteiger charge is -2.19. The topological polar surface area (TPSA) is 32.5 Å². The minimum absolute atomic E-state index is 0.888. The predicted octanol–water partition coefficient (Wildman–Crippen LogP) is 1.57. The van der Waals surface area contributed by atoms with E-state index in [-0.39, 0.29) is 0 Å². The Morgan fingerprint density at radius 3 is 2.38 bits per heavy atom. The third kappa shape index (κ3) is 4.21. The van der Waals surface area contributed by atoms with Gasteiger partial charge in [-0.2, -0.15) is 0 Å². The quantitative estimate of drug-likeness (QED) is 0.766. The molecule has 0 aliphatic heterocycles. The zero-order valence-corrected chi connectivity index (χ0v) is 10.8. The number of aryl methyl sites for hydroxylation is 1. The summed E-state index contributed by atoms with van der Waals surface area (Å²) in [4.78, 5) is 4.50. The molecule has 0 atom stereocenters. The van der Waals surface area contributed by atoms with Crippen molar-refractivity contribution in [3.05, 3.63) is 29.3 Å². The fourth-order valence-electron chi connectivity index (χ4n) is 1.55. The Morgan fingerprint density at radius 1 is 1.12 bits per heavy atom. The maximum atomic E-state index is 5.89. The Labute approximate surface area is 98.8 Å². The van der Waals surface area contributed by atoms with Gasteiger partial charge in [-0.15, -0.1) is 0 Å². The van der Waals surface area contributed by atoms with Crippen LogP contribution in [-0.2, 0) is 6.54 Å². The first-order valence-corrected chi connectivity index (χ1v) is 5.67. The van der Waals surface area contributed by atoms with Gasteiger partial charge in [0.1, 0.15) is 0 Å². The Hall–Kier alpha value is -1.06. The number of rotatable bonds is 5. The van der Waals surface area contributed by atoms with Gasteiger partial charge in [0.25, 0.3) is 0 Å². The molecule has 0 radical (unpaired) electrons. The van der Waals surface area contributed by atoms with Crippen LogP contribution in [0.1, 0.15) is 11.1 Å². The number of nitrogens with zero attached hydrogens (tertiary/aromatic N) is 2. The molecule has 90 valence electrons. The van der Waals surface area contributed by atoms with Crippen LogP contribution in [-0.4, -0.2) is 44.0 Å². The Morgan fingerprint density at radius 2 is 1.81 bits per heavy atom. The van der Waals surface area contributed by atoms with Crippen molar-refractivity contribution < 1.29 is 0 Å². The van der Waals surface area contributed by atoms with Gasteiger partial charge in [-0.25, -0.2) is 0 Å². The third-order valence-electron chi connectivity index (χ3n) is 2.73. The van der Waals surface area contributed by atoms with E-state index in [1.807, 2.05) is 6.92 Å². The summed E-state index contributed by atoms with van der Waals surface area (Å²) in [5, 5.41) is 0. The molecule has 3 heteroatoms. The average Bonchev–Trinajstić information content (AvgIpc) is 2.21. The van der Waals surface area contributed by atoms with Crippen molar-refractivity contribution >= 4 is 5.69 Å². The smallest absolute Gasteiger partial charge is 0.0346 e. The van der Waals surface area contributed by atoms with Crippen LogP contribution in [0, 0.1) is 6.92 Å². The van der Waals surface area contributed by atoms with E-state index in [9.17, 15) is 0 Å². The van der Waals surface area contributed by atoms with Crippen molar-refractivity contribution in [1.82, 2.24) is 9.80 Å². The minimum atomic E-state index is 0.888. The van der Waals surface area contributed by atoms with Gasteiger partial charge in [0.15, 0.2) is 0 Å². The fourth-order valence-corrected chi connectivity index (χ4v) is 1.55. The summed E-state index contributed by atoms with van der Waals surface area (Å²) in [6.45, 7) is 5.14. The molecule has 0 aliphatic carbocycles. The summed E-state index contributed by atoms with van der Waals surface area (Å²) in [5.41, 5.74) is 9.21. The molecule has 0 bridgehead atoms. The number of likely N-dealkylation sites (N-methyl/N-ethyl adjacent to an activating group) is 2. The highest BCUT2D eigenvalue weighted by Gasteiger charge is 2.02. The largest absolute Gasteiger partial charge is 0.399 e. The van der Waals surface area contributed by atoms with Gasteiger partial charge in [0, 0.05) is 25.3 Å². The molecule has 3 nitrogen and oxygen atoms in total. The average molecular weight is 221 g/mol. The molecule has 0 heterocycles. The second kappa shape index (κ2) is 5.87. The second-order valence-corrected chi connectivity index (χ2v) is 4.73. The normalized spacial score (nSPS) is 11.4. The molecule has 1 rings (SSSR count). The van der Waals surface area contributed by atoms with Crippen molar-refractivity contribution in [1.29, 1.82) is 0 Å². The first-order valence-electron chi connectivity index (χ1n) is 5.67. The van der Waals surface area contributed by atoms with Crippen LogP contribution >= 0.6 is 0 Å². The van der Waals surface area contributed by atoms with E-state index in [0.717, 1.165) is 30.9 Å². The van der Waals surface area contributed by atoms with Gasteiger partial charge in [-0.05, 0) is 45.3 Å². The van der Waals surface area contributed by atoms with E-state index >= 15 is 0 Å². The van der Waals surface area contributed by atoms with Gasteiger partial charge in [-0.3, -0.25) is 0 Å². The van der Waals surface area contributed by atoms with Gasteiger partial charge in [0.05, 0.1) is 0 Å². The van der Waals surface area contributed by atoms with Crippen molar-refractivity contribution in [3.63, 3.8) is 0 Å². The van der Waals surface area contributed by atoms with Gasteiger partial charge >= 0.3 is 0 Å². The van der Waals surface area contributed by atoms with E-state index in [2.05, 4.69) is 49.1 Å². The Kier molecular flexibility index (Phi) is 4.77. The van der Waals surface area contributed by atoms with E-state index in [4.69, 9.17) is 5.73 Å². The molecule has 0 aromatic heterocycles. The van der Waals surface area contributed by atoms with E-state index in [0.29, 0.717) is 0 Å². The second-order valence-electron chi connectivity index (χ2n) is 4.73. The molecule has 0 spiro atoms. The first-order chi connectivity index (χ1) is 7.49. The van der Waals surface area contributed by atoms with Gasteiger partial charge < -0.3 is 15.5 Å². The van der Waals surface area contributed by atoms with Crippen molar-refractivity contribution in [2.45, 2.75) is 13.5 Å². The van der Waals surface area contributed by atoms with Gasteiger partial charge in [-0.1, -0.05) is 12.1 Å². The number of nitrogens with two attached hydrogens (primary N) is 1. The summed E-state index contributed by atoms with van der Waals surface area (Å²) >= 11 is 0. The SMILES string of the molecule is Cc1ccc(CN(C)CCN(C)C)cc1N. The Balaban J connectivity index is 2.49. The van der Waals surface area contributed by atoms with Crippen molar-refractivity contribution in [3.8, 4) is 0 Å². The lowest BCUT2D eigenvalue weighted by molar-refractivity contribution is 0.276. The number of nitrogen functional groups attached to an aromatic ring is 1. The third-order valence-corrected chi connectivity index (χ3v) is 2.73. The molecular weight excluding hydrogens is 198 g/mol. The van der Waals surface area contributed by atoms with Crippen LogP contribution in [0.15, 0.2) is 18.2 Å². The number of anilines is 1. The molecule has 0 aliphatic rings. The van der Waals surface area contributed by atoms with Crippen LogP contribution in [0.3, 0.4) is 0 Å². The molecule has 16 heavy (non-hydrogen) atoms. The fraction of sp³-hybridized carbons (Fsp3) is 0.538. The molecule has 0 saturated carbocycles. The van der Waals surface area contributed by atoms with Crippen LogP contribution in [0.5, 0.6) is 0 Å². The number of benzene rings is 1. The van der Waals surface area contributed by atoms with Crippen LogP contribution in [0.25, 0.3) is 0 Å². The van der Waals surface area contributed by atoms with Crippen LogP contribution in [0.4, 0.5) is 5.69 Å². The van der Waals surface area contributed by atoms with E-state index < -0.39 is 0 Å². The van der Waals surface area contributed by atoms with Crippen molar-refractivity contribution in [2.24, 2.45) is 0 Å². The van der Waals surface area contributed by atoms with Gasteiger partial charge in [0.2, 0.25) is 0 Å². The molecule has 1 aromatic carbocycles. The predicted molar refractivity (Wildman–Crippen MR) is 70.5 cm³/mol. The highest BCUT2D eigenvalue weighted by atomic mass is 15.1. The highest BCUT2D eigenvalue weighted by molar-refractivity contribution is 5.48. The lowest BCUT2D eigenvalue weighted by Crippen LogP contribution is -2.28. The molecular formula is C13H23N3. The molecule has 0 amide bonds. The Bertz CT molecular complexity index is 334. The molecule has 0 unspecified atom stereocenters. The molecule has 1 aromatic rings. The molecule has 2 N–H and O–H groups in total. The summed E-state index contributed by atoms with van der Waals surface area (Å²) in [7, 11) is 6.33. The standard InChI is InChI=1S/C13H23N3/c1-11-5-6-12(9-13(11)14)10-16(4)8-7-15(2)3/h5-6,9H,7-8,10,14H2,1-4H3. The minimum Gasteiger partial charge on any atom is -0.399 e. The summed E-state index contributed by atoms with van der Waals surface area (Å²) < 4.78 is 0. The van der Waals surface area contributed by atoms with Crippen LogP contribution < -0.4 is 5.73 Å². The maximum Gasteiger partial charge on any atom is 0.0346 e. The highest BCUT2D eigenvalue weighted by Crippen LogP contribution is 2.13. The van der Waals surface area contributed by atoms with E-state index in [1.165, 1.54) is 5.56 Å². The van der Waals surface area contributed by atoms with Crippen LogP contribution in [0.2, 0.25) is 0 Å². The first kappa shape index (κ1) is 13.0. The van der Waals surface area contributed by atoms with E-state index in [1.54, 1.807) is 0 Å². The summed E-state index contributed by atoms with van der Waals surface area (Å²) in [6, 6.07) is 6.31. The summed E-state index contributed by atoms with van der Waals surface area (Å²) in [6.07, 6.45) is 0. The molecule has 0 fully saturated rings. The van der Waals surface area contributed by atoms with Crippen molar-refractivity contribution in [2.75, 3.05) is 40.0 Å². The lowest BCUT2D eigenvalue weighted by atomic mass is 10.1. The monoisotopic (exact) mass is 221 g/mol. The zero-order valence-electron chi connectivity index (χ0n) is 10.8.